The van der Waals surface area contributed by atoms with E-state index in [0.717, 1.165) is 54.2 Å². The van der Waals surface area contributed by atoms with Gasteiger partial charge < -0.3 is 10.6 Å². The molecule has 4 heterocycles. The van der Waals surface area contributed by atoms with E-state index in [1.54, 1.807) is 6.08 Å². The van der Waals surface area contributed by atoms with Gasteiger partial charge in [0.15, 0.2) is 0 Å². The first kappa shape index (κ1) is 17.8. The number of hydrogen-bond acceptors (Lipinski definition) is 6. The normalized spacial score (nSPS) is 16.2. The Labute approximate surface area is 171 Å². The van der Waals surface area contributed by atoms with Crippen molar-refractivity contribution in [3.8, 4) is 11.3 Å². The third-order valence-corrected chi connectivity index (χ3v) is 6.33. The van der Waals surface area contributed by atoms with Gasteiger partial charge in [0, 0.05) is 33.6 Å². The van der Waals surface area contributed by atoms with E-state index in [4.69, 9.17) is 4.98 Å². The van der Waals surface area contributed by atoms with Crippen LogP contribution in [0.2, 0.25) is 0 Å². The van der Waals surface area contributed by atoms with E-state index in [0.29, 0.717) is 6.54 Å². The van der Waals surface area contributed by atoms with Gasteiger partial charge >= 0.3 is 0 Å². The van der Waals surface area contributed by atoms with E-state index in [-0.39, 0.29) is 11.9 Å². The molecular formula is C22H19N5OS. The second-order valence-electron chi connectivity index (χ2n) is 7.24. The number of amides is 1. The number of anilines is 1. The molecule has 0 saturated carbocycles. The number of hydrogen-bond donors (Lipinski definition) is 2. The number of benzene rings is 1. The summed E-state index contributed by atoms with van der Waals surface area (Å²) in [6.07, 6.45) is 1.68. The predicted molar refractivity (Wildman–Crippen MR) is 118 cm³/mol. The second-order valence-corrected chi connectivity index (χ2v) is 8.29. The lowest BCUT2D eigenvalue weighted by Crippen LogP contribution is -2.34. The Morgan fingerprint density at radius 2 is 2.10 bits per heavy atom. The average molecular weight is 401 g/mol. The van der Waals surface area contributed by atoms with E-state index in [9.17, 15) is 4.79 Å². The van der Waals surface area contributed by atoms with Gasteiger partial charge in [-0.2, -0.15) is 10.2 Å². The van der Waals surface area contributed by atoms with Crippen LogP contribution >= 0.6 is 11.3 Å². The molecule has 1 aliphatic rings. The van der Waals surface area contributed by atoms with Crippen molar-refractivity contribution in [3.63, 3.8) is 0 Å². The van der Waals surface area contributed by atoms with Crippen molar-refractivity contribution in [2.45, 2.75) is 19.9 Å². The summed E-state index contributed by atoms with van der Waals surface area (Å²) in [5.41, 5.74) is 5.10. The molecule has 0 fully saturated rings. The number of aryl methyl sites for hydroxylation is 1. The summed E-state index contributed by atoms with van der Waals surface area (Å²) >= 11 is 1.51. The number of rotatable bonds is 2. The Morgan fingerprint density at radius 1 is 1.24 bits per heavy atom. The monoisotopic (exact) mass is 401 g/mol. The van der Waals surface area contributed by atoms with Crippen LogP contribution in [0.15, 0.2) is 36.9 Å². The van der Waals surface area contributed by atoms with Crippen LogP contribution in [0.1, 0.15) is 28.0 Å². The zero-order valence-corrected chi connectivity index (χ0v) is 16.9. The predicted octanol–water partition coefficient (Wildman–Crippen LogP) is 4.40. The molecule has 0 saturated heterocycles. The van der Waals surface area contributed by atoms with Crippen LogP contribution in [0.4, 0.5) is 5.69 Å². The quantitative estimate of drug-likeness (QED) is 0.520. The molecule has 5 rings (SSSR count). The molecule has 1 atom stereocenters. The third-order valence-electron chi connectivity index (χ3n) is 5.17. The van der Waals surface area contributed by atoms with Crippen LogP contribution in [0.5, 0.6) is 0 Å². The van der Waals surface area contributed by atoms with Gasteiger partial charge in [0.1, 0.15) is 4.88 Å². The Hall–Kier alpha value is -3.32. The molecule has 4 aromatic rings. The van der Waals surface area contributed by atoms with Crippen molar-refractivity contribution in [2.75, 3.05) is 11.9 Å². The third kappa shape index (κ3) is 2.86. The topological polar surface area (TPSA) is 79.8 Å². The van der Waals surface area contributed by atoms with Crippen molar-refractivity contribution in [2.24, 2.45) is 0 Å². The maximum Gasteiger partial charge on any atom is 0.263 e. The lowest BCUT2D eigenvalue weighted by atomic mass is 10.1. The summed E-state index contributed by atoms with van der Waals surface area (Å²) in [5.74, 6) is -0.0214. The maximum atomic E-state index is 12.6. The molecule has 29 heavy (non-hydrogen) atoms. The van der Waals surface area contributed by atoms with E-state index in [1.165, 1.54) is 11.3 Å². The van der Waals surface area contributed by atoms with Crippen molar-refractivity contribution in [1.82, 2.24) is 20.5 Å². The lowest BCUT2D eigenvalue weighted by Gasteiger charge is -2.10. The van der Waals surface area contributed by atoms with E-state index in [2.05, 4.69) is 33.5 Å². The summed E-state index contributed by atoms with van der Waals surface area (Å²) in [4.78, 5) is 18.2. The fourth-order valence-electron chi connectivity index (χ4n) is 3.70. The smallest absolute Gasteiger partial charge is 0.263 e. The highest BCUT2D eigenvalue weighted by Crippen LogP contribution is 2.41. The number of fused-ring (bicyclic) bond motifs is 5. The molecule has 0 bridgehead atoms. The van der Waals surface area contributed by atoms with Gasteiger partial charge in [-0.25, -0.2) is 4.98 Å². The van der Waals surface area contributed by atoms with Gasteiger partial charge in [0.25, 0.3) is 5.91 Å². The molecule has 3 aromatic heterocycles. The van der Waals surface area contributed by atoms with Gasteiger partial charge in [-0.1, -0.05) is 6.58 Å². The minimum atomic E-state index is -0.0214. The Balaban J connectivity index is 1.72. The van der Waals surface area contributed by atoms with Gasteiger partial charge in [-0.15, -0.1) is 11.3 Å². The Morgan fingerprint density at radius 3 is 2.93 bits per heavy atom. The number of nitrogens with one attached hydrogen (secondary N) is 2. The molecule has 1 aliphatic heterocycles. The maximum absolute atomic E-state index is 12.6. The summed E-state index contributed by atoms with van der Waals surface area (Å²) in [5, 5.41) is 16.9. The van der Waals surface area contributed by atoms with Crippen LogP contribution in [-0.2, 0) is 0 Å². The van der Waals surface area contributed by atoms with Crippen molar-refractivity contribution in [1.29, 1.82) is 0 Å². The van der Waals surface area contributed by atoms with Gasteiger partial charge in [-0.3, -0.25) is 4.79 Å². The highest BCUT2D eigenvalue weighted by molar-refractivity contribution is 7.21. The molecule has 0 spiro atoms. The molecule has 7 heteroatoms. The summed E-state index contributed by atoms with van der Waals surface area (Å²) < 4.78 is 1.07. The molecule has 1 unspecified atom stereocenters. The fourth-order valence-corrected chi connectivity index (χ4v) is 4.80. The van der Waals surface area contributed by atoms with E-state index in [1.807, 2.05) is 38.1 Å². The molecule has 1 aromatic carbocycles. The molecular weight excluding hydrogens is 382 g/mol. The summed E-state index contributed by atoms with van der Waals surface area (Å²) in [6, 6.07) is 10.2. The molecule has 1 amide bonds. The number of nitrogens with zero attached hydrogens (tertiary/aromatic N) is 3. The standard InChI is InChI=1S/C22H19N5OS/c1-4-13-9-15(12(3)26-27-13)17-6-5-14-16(25-17)7-8-18-19(14)20-21(29-18)22(28)24-11(2)10-23-20/h4-9,11,23H,1,10H2,2-3H3,(H,24,28). The van der Waals surface area contributed by atoms with Crippen LogP contribution in [0.3, 0.4) is 0 Å². The molecule has 0 aliphatic carbocycles. The number of carbonyl (C=O) groups excluding carboxylic acids is 1. The van der Waals surface area contributed by atoms with E-state index >= 15 is 0 Å². The Bertz CT molecular complexity index is 1310. The van der Waals surface area contributed by atoms with Crippen LogP contribution < -0.4 is 10.6 Å². The zero-order chi connectivity index (χ0) is 20.1. The van der Waals surface area contributed by atoms with Crippen molar-refractivity contribution < 1.29 is 4.79 Å². The minimum Gasteiger partial charge on any atom is -0.381 e. The van der Waals surface area contributed by atoms with Gasteiger partial charge in [-0.05, 0) is 50.3 Å². The first-order chi connectivity index (χ1) is 14.0. The van der Waals surface area contributed by atoms with E-state index < -0.39 is 0 Å². The fraction of sp³-hybridized carbons (Fsp3) is 0.182. The number of pyridine rings is 1. The Kier molecular flexibility index (Phi) is 4.06. The van der Waals surface area contributed by atoms with Gasteiger partial charge in [0.05, 0.1) is 28.3 Å². The largest absolute Gasteiger partial charge is 0.381 e. The number of aromatic nitrogens is 3. The van der Waals surface area contributed by atoms with Crippen molar-refractivity contribution in [3.05, 3.63) is 53.2 Å². The second kappa shape index (κ2) is 6.63. The molecule has 6 nitrogen and oxygen atoms in total. The SMILES string of the molecule is C=Cc1cc(-c2ccc3c(ccc4sc5c(c43)NCC(C)NC5=O)n2)c(C)nn1. The van der Waals surface area contributed by atoms with Gasteiger partial charge in [0.2, 0.25) is 0 Å². The van der Waals surface area contributed by atoms with Crippen molar-refractivity contribution >= 4 is 50.0 Å². The highest BCUT2D eigenvalue weighted by Gasteiger charge is 2.24. The lowest BCUT2D eigenvalue weighted by molar-refractivity contribution is 0.0949. The van der Waals surface area contributed by atoms with Crippen LogP contribution in [-0.4, -0.2) is 33.7 Å². The highest BCUT2D eigenvalue weighted by atomic mass is 32.1. The summed E-state index contributed by atoms with van der Waals surface area (Å²) in [6.45, 7) is 8.39. The first-order valence-corrected chi connectivity index (χ1v) is 10.2. The molecule has 144 valence electrons. The summed E-state index contributed by atoms with van der Waals surface area (Å²) in [7, 11) is 0. The number of thiophene rings is 1. The molecule has 0 radical (unpaired) electrons. The minimum absolute atomic E-state index is 0.0214. The number of carbonyl (C=O) groups is 1. The van der Waals surface area contributed by atoms with Crippen LogP contribution in [0, 0.1) is 6.92 Å². The average Bonchev–Trinajstić information content (AvgIpc) is 3.05. The van der Waals surface area contributed by atoms with Crippen LogP contribution in [0.25, 0.3) is 38.3 Å². The molecule has 2 N–H and O–H groups in total. The zero-order valence-electron chi connectivity index (χ0n) is 16.1. The first-order valence-electron chi connectivity index (χ1n) is 9.43.